The predicted molar refractivity (Wildman–Crippen MR) is 129 cm³/mol. The molecule has 3 aliphatic rings. The molecule has 184 valence electrons. The number of pyridine rings is 2. The van der Waals surface area contributed by atoms with E-state index < -0.39 is 9.84 Å². The summed E-state index contributed by atoms with van der Waals surface area (Å²) in [6.07, 6.45) is 5.92. The molecule has 0 saturated carbocycles. The molecule has 2 aromatic rings. The number of sulfone groups is 1. The number of methoxy groups -OCH3 is 1. The van der Waals surface area contributed by atoms with Crippen molar-refractivity contribution in [3.63, 3.8) is 0 Å². The Morgan fingerprint density at radius 3 is 2.74 bits per heavy atom. The van der Waals surface area contributed by atoms with Gasteiger partial charge in [-0.15, -0.1) is 0 Å². The molecule has 2 aromatic heterocycles. The van der Waals surface area contributed by atoms with Crippen molar-refractivity contribution in [3.05, 3.63) is 29.5 Å². The zero-order valence-corrected chi connectivity index (χ0v) is 20.7. The Balaban J connectivity index is 1.24. The van der Waals surface area contributed by atoms with E-state index in [0.29, 0.717) is 53.1 Å². The van der Waals surface area contributed by atoms with Crippen molar-refractivity contribution in [1.29, 1.82) is 0 Å². The van der Waals surface area contributed by atoms with Gasteiger partial charge in [0.25, 0.3) is 0 Å². The molecule has 11 heteroatoms. The Bertz CT molecular complexity index is 1130. The molecule has 0 aliphatic carbocycles. The summed E-state index contributed by atoms with van der Waals surface area (Å²) in [6.45, 7) is 3.87. The van der Waals surface area contributed by atoms with E-state index in [1.54, 1.807) is 12.4 Å². The van der Waals surface area contributed by atoms with Crippen LogP contribution in [0.15, 0.2) is 24.5 Å². The van der Waals surface area contributed by atoms with Crippen LogP contribution in [0.2, 0.25) is 5.02 Å². The molecule has 5 rings (SSSR count). The molecule has 9 nitrogen and oxygen atoms in total. The van der Waals surface area contributed by atoms with Gasteiger partial charge in [-0.3, -0.25) is 4.90 Å². The smallest absolute Gasteiger partial charge is 0.232 e. The van der Waals surface area contributed by atoms with Crippen LogP contribution in [0.3, 0.4) is 0 Å². The lowest BCUT2D eigenvalue weighted by atomic mass is 10.0. The number of halogens is 1. The van der Waals surface area contributed by atoms with Gasteiger partial charge in [0, 0.05) is 25.7 Å². The maximum atomic E-state index is 11.7. The van der Waals surface area contributed by atoms with E-state index in [1.165, 1.54) is 7.11 Å². The predicted octanol–water partition coefficient (Wildman–Crippen LogP) is 2.95. The number of anilines is 2. The molecule has 1 unspecified atom stereocenters. The number of likely N-dealkylation sites (tertiary alicyclic amines) is 1. The Morgan fingerprint density at radius 1 is 1.15 bits per heavy atom. The highest BCUT2D eigenvalue weighted by molar-refractivity contribution is 7.91. The fourth-order valence-corrected chi connectivity index (χ4v) is 6.69. The molecular formula is C23H29ClN4O5S. The van der Waals surface area contributed by atoms with Gasteiger partial charge in [0.15, 0.2) is 5.75 Å². The molecule has 34 heavy (non-hydrogen) atoms. The number of hydrogen-bond donors (Lipinski definition) is 0. The summed E-state index contributed by atoms with van der Waals surface area (Å²) in [5.41, 5.74) is 1.70. The summed E-state index contributed by atoms with van der Waals surface area (Å²) in [4.78, 5) is 13.2. The lowest BCUT2D eigenvalue weighted by molar-refractivity contribution is 0.182. The van der Waals surface area contributed by atoms with Gasteiger partial charge in [-0.2, -0.15) is 0 Å². The van der Waals surface area contributed by atoms with E-state index in [9.17, 15) is 8.42 Å². The van der Waals surface area contributed by atoms with E-state index in [4.69, 9.17) is 25.8 Å². The molecule has 0 spiro atoms. The average molecular weight is 509 g/mol. The lowest BCUT2D eigenvalue weighted by Crippen LogP contribution is -2.34. The van der Waals surface area contributed by atoms with Crippen LogP contribution in [0.5, 0.6) is 17.5 Å². The molecule has 2 fully saturated rings. The van der Waals surface area contributed by atoms with Crippen molar-refractivity contribution in [1.82, 2.24) is 14.9 Å². The topological polar surface area (TPSA) is 94.1 Å². The molecule has 0 radical (unpaired) electrons. The number of ether oxygens (including phenoxy) is 3. The molecule has 0 aromatic carbocycles. The Kier molecular flexibility index (Phi) is 6.72. The largest absolute Gasteiger partial charge is 0.488 e. The zero-order chi connectivity index (χ0) is 23.7. The van der Waals surface area contributed by atoms with Gasteiger partial charge in [-0.1, -0.05) is 11.6 Å². The highest BCUT2D eigenvalue weighted by Gasteiger charge is 2.30. The van der Waals surface area contributed by atoms with Crippen LogP contribution in [0, 0.1) is 5.92 Å². The van der Waals surface area contributed by atoms with Gasteiger partial charge >= 0.3 is 0 Å². The van der Waals surface area contributed by atoms with Crippen molar-refractivity contribution in [3.8, 4) is 17.5 Å². The summed E-state index contributed by atoms with van der Waals surface area (Å²) in [6, 6.07) is 3.73. The molecule has 1 atom stereocenters. The Hall–Kier alpha value is -2.30. The average Bonchev–Trinajstić information content (AvgIpc) is 3.26. The number of fused-ring (bicyclic) bond motifs is 1. The Labute approximate surface area is 204 Å². The highest BCUT2D eigenvalue weighted by atomic mass is 35.5. The van der Waals surface area contributed by atoms with E-state index in [2.05, 4.69) is 19.8 Å². The second-order valence-corrected chi connectivity index (χ2v) is 11.8. The number of hydrogen-bond acceptors (Lipinski definition) is 9. The molecule has 0 bridgehead atoms. The second-order valence-electron chi connectivity index (χ2n) is 9.06. The summed E-state index contributed by atoms with van der Waals surface area (Å²) in [7, 11) is -1.28. The van der Waals surface area contributed by atoms with Crippen molar-refractivity contribution in [2.75, 3.05) is 56.3 Å². The summed E-state index contributed by atoms with van der Waals surface area (Å²) in [5.74, 6) is 2.71. The quantitative estimate of drug-likeness (QED) is 0.583. The van der Waals surface area contributed by atoms with Crippen LogP contribution in [0.25, 0.3) is 0 Å². The van der Waals surface area contributed by atoms with Crippen LogP contribution in [-0.2, 0) is 9.84 Å². The summed E-state index contributed by atoms with van der Waals surface area (Å²) < 4.78 is 40.6. The lowest BCUT2D eigenvalue weighted by Gasteiger charge is -2.31. The maximum absolute atomic E-state index is 11.7. The third-order valence-corrected chi connectivity index (χ3v) is 8.68. The van der Waals surface area contributed by atoms with E-state index in [-0.39, 0.29) is 6.10 Å². The third kappa shape index (κ3) is 5.18. The van der Waals surface area contributed by atoms with Crippen LogP contribution in [0.4, 0.5) is 11.4 Å². The number of aromatic nitrogens is 2. The molecule has 0 N–H and O–H groups in total. The molecular weight excluding hydrogens is 480 g/mol. The Morgan fingerprint density at radius 2 is 1.97 bits per heavy atom. The summed E-state index contributed by atoms with van der Waals surface area (Å²) in [5, 5.41) is 0.445. The zero-order valence-electron chi connectivity index (χ0n) is 19.2. The van der Waals surface area contributed by atoms with E-state index in [1.807, 2.05) is 12.1 Å². The van der Waals surface area contributed by atoms with Gasteiger partial charge in [-0.25, -0.2) is 18.4 Å². The van der Waals surface area contributed by atoms with Gasteiger partial charge < -0.3 is 19.1 Å². The fourth-order valence-electron chi connectivity index (χ4n) is 4.87. The fraction of sp³-hybridized carbons (Fsp3) is 0.565. The first kappa shape index (κ1) is 23.4. The molecule has 5 heterocycles. The van der Waals surface area contributed by atoms with E-state index >= 15 is 0 Å². The van der Waals surface area contributed by atoms with Crippen LogP contribution in [-0.4, -0.2) is 80.8 Å². The standard InChI is InChI=1S/C23H29ClN4O5S/c1-31-23-19(24)10-17(12-26-23)28-6-7-32-21-13-25-22(11-20(21)28)33-18-2-5-27(15-18)14-16-3-8-34(29,30)9-4-16/h10-13,16,18H,2-9,14-15H2,1H3. The molecule has 0 amide bonds. The van der Waals surface area contributed by atoms with Crippen molar-refractivity contribution < 1.29 is 22.6 Å². The SMILES string of the molecule is COc1ncc(N2CCOc3cnc(OC4CCN(CC5CCS(=O)(=O)CC5)C4)cc32)cc1Cl. The van der Waals surface area contributed by atoms with Gasteiger partial charge in [0.2, 0.25) is 11.8 Å². The number of rotatable bonds is 6. The maximum Gasteiger partial charge on any atom is 0.232 e. The minimum absolute atomic E-state index is 0.0490. The second kappa shape index (κ2) is 9.75. The number of nitrogens with zero attached hydrogens (tertiary/aromatic N) is 4. The minimum atomic E-state index is -2.82. The van der Waals surface area contributed by atoms with Gasteiger partial charge in [-0.05, 0) is 31.2 Å². The van der Waals surface area contributed by atoms with Crippen molar-refractivity contribution >= 4 is 32.8 Å². The first-order chi connectivity index (χ1) is 16.4. The van der Waals surface area contributed by atoms with Gasteiger partial charge in [0.1, 0.15) is 27.6 Å². The third-order valence-electron chi connectivity index (χ3n) is 6.69. The van der Waals surface area contributed by atoms with Crippen LogP contribution >= 0.6 is 11.6 Å². The normalized spacial score (nSPS) is 22.8. The first-order valence-corrected chi connectivity index (χ1v) is 13.8. The van der Waals surface area contributed by atoms with E-state index in [0.717, 1.165) is 50.3 Å². The molecule has 2 saturated heterocycles. The highest BCUT2D eigenvalue weighted by Crippen LogP contribution is 2.39. The van der Waals surface area contributed by atoms with Gasteiger partial charge in [0.05, 0.1) is 48.9 Å². The first-order valence-electron chi connectivity index (χ1n) is 11.6. The van der Waals surface area contributed by atoms with Crippen LogP contribution < -0.4 is 19.1 Å². The van der Waals surface area contributed by atoms with Crippen LogP contribution in [0.1, 0.15) is 19.3 Å². The van der Waals surface area contributed by atoms with Crippen molar-refractivity contribution in [2.45, 2.75) is 25.4 Å². The van der Waals surface area contributed by atoms with Crippen molar-refractivity contribution in [2.24, 2.45) is 5.92 Å². The molecule has 3 aliphatic heterocycles. The minimum Gasteiger partial charge on any atom is -0.488 e. The monoisotopic (exact) mass is 508 g/mol. The summed E-state index contributed by atoms with van der Waals surface area (Å²) >= 11 is 6.30.